The van der Waals surface area contributed by atoms with Gasteiger partial charge >= 0.3 is 0 Å². The second-order valence-electron chi connectivity index (χ2n) is 13.7. The topological polar surface area (TPSA) is 20.2 Å². The fraction of sp³-hybridized carbons (Fsp3) is 0.0638. The monoisotopic (exact) mass is 639 g/mol. The van der Waals surface area contributed by atoms with E-state index in [0.717, 1.165) is 18.5 Å². The number of allylic oxidation sites excluding steroid dienone is 1. The predicted molar refractivity (Wildman–Crippen MR) is 212 cm³/mol. The summed E-state index contributed by atoms with van der Waals surface area (Å²) in [5.41, 5.74) is 11.3. The van der Waals surface area contributed by atoms with Crippen molar-refractivity contribution >= 4 is 77.3 Å². The average Bonchev–Trinajstić information content (AvgIpc) is 3.75. The fourth-order valence-corrected chi connectivity index (χ4v) is 8.79. The molecule has 1 aromatic heterocycles. The van der Waals surface area contributed by atoms with Gasteiger partial charge in [0.2, 0.25) is 0 Å². The van der Waals surface area contributed by atoms with Crippen LogP contribution in [-0.4, -0.2) is 4.57 Å². The molecule has 0 saturated carbocycles. The van der Waals surface area contributed by atoms with E-state index in [1.807, 2.05) is 0 Å². The predicted octanol–water partition coefficient (Wildman–Crippen LogP) is 12.5. The van der Waals surface area contributed by atoms with Gasteiger partial charge in [-0.05, 0) is 98.9 Å². The van der Waals surface area contributed by atoms with Gasteiger partial charge in [0.25, 0.3) is 0 Å². The zero-order valence-electron chi connectivity index (χ0n) is 27.5. The Bertz CT molecular complexity index is 2850. The van der Waals surface area contributed by atoms with Crippen molar-refractivity contribution in [3.05, 3.63) is 174 Å². The lowest BCUT2D eigenvalue weighted by Crippen LogP contribution is -2.23. The Morgan fingerprint density at radius 1 is 0.540 bits per heavy atom. The van der Waals surface area contributed by atoms with Crippen LogP contribution in [0.1, 0.15) is 29.3 Å². The largest absolute Gasteiger partial charge is 0.359 e. The van der Waals surface area contributed by atoms with Crippen LogP contribution in [0.15, 0.2) is 158 Å². The number of fused-ring (bicyclic) bond motifs is 12. The third-order valence-electron chi connectivity index (χ3n) is 11.0. The summed E-state index contributed by atoms with van der Waals surface area (Å²) in [6.07, 6.45) is 6.74. The van der Waals surface area contributed by atoms with Crippen molar-refractivity contribution in [3.8, 4) is 5.69 Å². The summed E-state index contributed by atoms with van der Waals surface area (Å²) in [6.45, 7) is 0. The number of nitrogens with zero attached hydrogens (tertiary/aromatic N) is 2. The van der Waals surface area contributed by atoms with Crippen molar-refractivity contribution < 1.29 is 0 Å². The molecule has 1 N–H and O–H groups in total. The van der Waals surface area contributed by atoms with E-state index < -0.39 is 0 Å². The van der Waals surface area contributed by atoms with Crippen LogP contribution in [0.2, 0.25) is 0 Å². The minimum Gasteiger partial charge on any atom is -0.359 e. The second-order valence-corrected chi connectivity index (χ2v) is 13.7. The Kier molecular flexibility index (Phi) is 5.85. The van der Waals surface area contributed by atoms with Gasteiger partial charge < -0.3 is 14.8 Å². The highest BCUT2D eigenvalue weighted by Gasteiger charge is 2.33. The molecule has 2 heterocycles. The molecule has 3 nitrogen and oxygen atoms in total. The van der Waals surface area contributed by atoms with Gasteiger partial charge in [-0.1, -0.05) is 121 Å². The van der Waals surface area contributed by atoms with Crippen molar-refractivity contribution in [2.75, 3.05) is 10.2 Å². The molecule has 0 amide bonds. The van der Waals surface area contributed by atoms with Crippen LogP contribution in [0.5, 0.6) is 0 Å². The van der Waals surface area contributed by atoms with Crippen LogP contribution < -0.4 is 10.2 Å². The van der Waals surface area contributed by atoms with Crippen molar-refractivity contribution in [2.45, 2.75) is 19.0 Å². The summed E-state index contributed by atoms with van der Waals surface area (Å²) >= 11 is 0. The lowest BCUT2D eigenvalue weighted by atomic mass is 9.92. The molecular formula is C47H33N3. The molecular weight excluding hydrogens is 607 g/mol. The van der Waals surface area contributed by atoms with E-state index in [9.17, 15) is 0 Å². The van der Waals surface area contributed by atoms with E-state index in [2.05, 4.69) is 179 Å². The van der Waals surface area contributed by atoms with Gasteiger partial charge in [0.15, 0.2) is 0 Å². The summed E-state index contributed by atoms with van der Waals surface area (Å²) in [5, 5.41) is 14.2. The van der Waals surface area contributed by atoms with Gasteiger partial charge in [0.1, 0.15) is 6.17 Å². The number of hydrogen-bond donors (Lipinski definition) is 1. The first-order valence-electron chi connectivity index (χ1n) is 17.6. The molecule has 0 radical (unpaired) electrons. The first-order valence-corrected chi connectivity index (χ1v) is 17.6. The van der Waals surface area contributed by atoms with Crippen LogP contribution in [0, 0.1) is 0 Å². The summed E-state index contributed by atoms with van der Waals surface area (Å²) in [5.74, 6) is 0. The lowest BCUT2D eigenvalue weighted by Gasteiger charge is -2.28. The molecule has 8 aromatic carbocycles. The fourth-order valence-electron chi connectivity index (χ4n) is 8.79. The molecule has 236 valence electrons. The molecule has 0 fully saturated rings. The number of hydrogen-bond acceptors (Lipinski definition) is 2. The Balaban J connectivity index is 1.22. The Labute approximate surface area is 290 Å². The highest BCUT2D eigenvalue weighted by atomic mass is 15.3. The Hall–Kier alpha value is -6.32. The van der Waals surface area contributed by atoms with Gasteiger partial charge in [0.05, 0.1) is 22.4 Å². The second kappa shape index (κ2) is 10.6. The smallest absolute Gasteiger partial charge is 0.130 e. The maximum Gasteiger partial charge on any atom is 0.130 e. The molecule has 1 aliphatic carbocycles. The average molecular weight is 640 g/mol. The van der Waals surface area contributed by atoms with Gasteiger partial charge in [-0.15, -0.1) is 0 Å². The highest BCUT2D eigenvalue weighted by molar-refractivity contribution is 6.23. The van der Waals surface area contributed by atoms with Crippen molar-refractivity contribution in [1.82, 2.24) is 4.57 Å². The van der Waals surface area contributed by atoms with Crippen molar-refractivity contribution in [1.29, 1.82) is 0 Å². The van der Waals surface area contributed by atoms with E-state index in [1.165, 1.54) is 87.9 Å². The molecule has 11 rings (SSSR count). The van der Waals surface area contributed by atoms with Crippen LogP contribution >= 0.6 is 0 Å². The lowest BCUT2D eigenvalue weighted by molar-refractivity contribution is 0.830. The maximum atomic E-state index is 3.91. The molecule has 0 bridgehead atoms. The van der Waals surface area contributed by atoms with Gasteiger partial charge in [-0.2, -0.15) is 0 Å². The van der Waals surface area contributed by atoms with Crippen molar-refractivity contribution in [3.63, 3.8) is 0 Å². The first-order chi connectivity index (χ1) is 24.8. The molecule has 0 spiro atoms. The molecule has 50 heavy (non-hydrogen) atoms. The van der Waals surface area contributed by atoms with E-state index in [-0.39, 0.29) is 6.17 Å². The number of anilines is 3. The summed E-state index contributed by atoms with van der Waals surface area (Å²) in [4.78, 5) is 2.49. The van der Waals surface area contributed by atoms with Crippen LogP contribution in [0.25, 0.3) is 65.9 Å². The van der Waals surface area contributed by atoms with Crippen LogP contribution in [-0.2, 0) is 6.42 Å². The van der Waals surface area contributed by atoms with Crippen LogP contribution in [0.4, 0.5) is 17.1 Å². The number of aromatic nitrogens is 1. The Morgan fingerprint density at radius 2 is 1.24 bits per heavy atom. The zero-order valence-corrected chi connectivity index (χ0v) is 27.5. The third-order valence-corrected chi connectivity index (χ3v) is 11.0. The van der Waals surface area contributed by atoms with E-state index in [1.54, 1.807) is 0 Å². The summed E-state index contributed by atoms with van der Waals surface area (Å²) in [7, 11) is 0. The minimum absolute atomic E-state index is 0.0246. The molecule has 2 aliphatic rings. The number of para-hydroxylation sites is 1. The molecule has 0 saturated heterocycles. The molecule has 3 heteroatoms. The normalized spacial score (nSPS) is 15.3. The minimum atomic E-state index is -0.0246. The number of aryl methyl sites for hydroxylation is 1. The van der Waals surface area contributed by atoms with E-state index >= 15 is 0 Å². The molecule has 1 unspecified atom stereocenters. The van der Waals surface area contributed by atoms with Gasteiger partial charge in [-0.25, -0.2) is 0 Å². The SMILES string of the molecule is C1=Cc2ccc3c(c2CC1)c1c2ccccc2ccc1n3-c1ccc2ccc3ccc4c(c3c2c1)N(c1ccccc1)C(c1ccccc1)N4. The summed E-state index contributed by atoms with van der Waals surface area (Å²) in [6, 6.07) is 55.9. The molecule has 1 atom stereocenters. The third kappa shape index (κ3) is 3.92. The maximum absolute atomic E-state index is 3.91. The Morgan fingerprint density at radius 3 is 2.14 bits per heavy atom. The van der Waals surface area contributed by atoms with E-state index in [4.69, 9.17) is 0 Å². The van der Waals surface area contributed by atoms with E-state index in [0.29, 0.717) is 0 Å². The number of benzene rings is 8. The molecule has 9 aromatic rings. The first kappa shape index (κ1) is 27.6. The number of nitrogens with one attached hydrogen (secondary N) is 1. The summed E-state index contributed by atoms with van der Waals surface area (Å²) < 4.78 is 2.51. The quantitative estimate of drug-likeness (QED) is 0.194. The zero-order chi connectivity index (χ0) is 32.8. The van der Waals surface area contributed by atoms with Gasteiger partial charge in [0, 0.05) is 27.5 Å². The van der Waals surface area contributed by atoms with Crippen molar-refractivity contribution in [2.24, 2.45) is 0 Å². The standard InChI is InChI=1S/C47H33N3/c1-3-13-34(14-4-1)47-48-40-26-22-33-20-19-32-21-25-36(29-39(32)43(33)46(40)50(47)35-15-5-2-6-16-35)49-41-27-23-30-11-7-9-17-37(30)44(41)45-38-18-10-8-12-31(38)24-28-42(45)49/h1-9,11-17,19-29,47-48H,10,18H2. The number of rotatable bonds is 3. The van der Waals surface area contributed by atoms with Gasteiger partial charge in [-0.3, -0.25) is 0 Å². The van der Waals surface area contributed by atoms with Crippen LogP contribution in [0.3, 0.4) is 0 Å². The molecule has 1 aliphatic heterocycles. The highest BCUT2D eigenvalue weighted by Crippen LogP contribution is 2.51.